The summed E-state index contributed by atoms with van der Waals surface area (Å²) in [5.41, 5.74) is 4.82. The molecule has 0 bridgehead atoms. The molecule has 7 heteroatoms. The van der Waals surface area contributed by atoms with E-state index in [1.54, 1.807) is 4.90 Å². The minimum Gasteiger partial charge on any atom is -0.487 e. The van der Waals surface area contributed by atoms with Crippen molar-refractivity contribution in [3.8, 4) is 5.75 Å². The molecule has 0 spiro atoms. The fraction of sp³-hybridized carbons (Fsp3) is 0.333. The molecule has 3 heterocycles. The van der Waals surface area contributed by atoms with Gasteiger partial charge in [0.2, 0.25) is 5.91 Å². The number of carbonyl (C=O) groups is 2. The number of hydrogen-bond donors (Lipinski definition) is 2. The van der Waals surface area contributed by atoms with E-state index >= 15 is 0 Å². The minimum atomic E-state index is -0.466. The van der Waals surface area contributed by atoms with Gasteiger partial charge >= 0.3 is 0 Å². The highest BCUT2D eigenvalue weighted by molar-refractivity contribution is 6.01. The molecule has 2 N–H and O–H groups in total. The number of nitrogens with zero attached hydrogens (tertiary/aromatic N) is 2. The Kier molecular flexibility index (Phi) is 7.66. The molecular weight excluding hydrogens is 500 g/mol. The standard InChI is InChI=1S/C33H36N4O3/c1-23-12-15-30(32(38)35-23)37-21-26-18-27(13-14-28(26)33(37)39)40-31-22-36(20-25-10-6-3-7-11-25)17-16-29(31)34-19-24-8-4-2-5-9-24/h2-11,13-14,18,29-31,34H,1,12,15-17,19-22H2,(H,35,38)/t29-,30?,31-/m0/s1. The monoisotopic (exact) mass is 536 g/mol. The number of hydrogen-bond acceptors (Lipinski definition) is 5. The van der Waals surface area contributed by atoms with Gasteiger partial charge in [-0.3, -0.25) is 14.5 Å². The van der Waals surface area contributed by atoms with Gasteiger partial charge in [0, 0.05) is 50.0 Å². The summed E-state index contributed by atoms with van der Waals surface area (Å²) in [7, 11) is 0. The Morgan fingerprint density at radius 2 is 1.70 bits per heavy atom. The molecule has 3 atom stereocenters. The lowest BCUT2D eigenvalue weighted by molar-refractivity contribution is -0.126. The number of fused-ring (bicyclic) bond motifs is 1. The lowest BCUT2D eigenvalue weighted by Crippen LogP contribution is -2.54. The summed E-state index contributed by atoms with van der Waals surface area (Å²) in [6.07, 6.45) is 2.21. The molecule has 40 heavy (non-hydrogen) atoms. The van der Waals surface area contributed by atoms with E-state index in [-0.39, 0.29) is 24.0 Å². The highest BCUT2D eigenvalue weighted by atomic mass is 16.5. The molecule has 3 aromatic rings. The normalized spacial score (nSPS) is 23.1. The van der Waals surface area contributed by atoms with Crippen LogP contribution in [0.4, 0.5) is 0 Å². The summed E-state index contributed by atoms with van der Waals surface area (Å²) in [4.78, 5) is 29.9. The van der Waals surface area contributed by atoms with Crippen molar-refractivity contribution in [1.29, 1.82) is 0 Å². The first-order valence-corrected chi connectivity index (χ1v) is 14.2. The zero-order chi connectivity index (χ0) is 27.5. The summed E-state index contributed by atoms with van der Waals surface area (Å²) in [5.74, 6) is 0.512. The van der Waals surface area contributed by atoms with Crippen LogP contribution in [-0.4, -0.2) is 52.9 Å². The fourth-order valence-electron chi connectivity index (χ4n) is 6.04. The number of likely N-dealkylation sites (tertiary alicyclic amines) is 1. The topological polar surface area (TPSA) is 73.9 Å². The Balaban J connectivity index is 1.17. The van der Waals surface area contributed by atoms with E-state index in [2.05, 4.69) is 70.6 Å². The molecule has 206 valence electrons. The first kappa shape index (κ1) is 26.3. The van der Waals surface area contributed by atoms with Crippen LogP contribution in [0.15, 0.2) is 91.1 Å². The molecule has 1 unspecified atom stereocenters. The molecule has 2 amide bonds. The van der Waals surface area contributed by atoms with Crippen LogP contribution in [0, 0.1) is 0 Å². The second-order valence-corrected chi connectivity index (χ2v) is 11.0. The maximum atomic E-state index is 13.2. The smallest absolute Gasteiger partial charge is 0.255 e. The maximum absolute atomic E-state index is 13.2. The number of piperidine rings is 2. The molecule has 0 saturated carbocycles. The molecule has 7 nitrogen and oxygen atoms in total. The largest absolute Gasteiger partial charge is 0.487 e. The SMILES string of the molecule is C=C1CCC(N2Cc3cc(O[C@H]4CN(Cc5ccccc5)CC[C@@H]4NCc4ccccc4)ccc3C2=O)C(=O)N1. The van der Waals surface area contributed by atoms with E-state index in [9.17, 15) is 9.59 Å². The highest BCUT2D eigenvalue weighted by Gasteiger charge is 2.38. The predicted molar refractivity (Wildman–Crippen MR) is 154 cm³/mol. The Morgan fingerprint density at radius 1 is 0.950 bits per heavy atom. The predicted octanol–water partition coefficient (Wildman–Crippen LogP) is 4.25. The van der Waals surface area contributed by atoms with Crippen LogP contribution in [0.1, 0.15) is 46.3 Å². The van der Waals surface area contributed by atoms with Gasteiger partial charge in [-0.2, -0.15) is 0 Å². The van der Waals surface area contributed by atoms with Crippen molar-refractivity contribution in [3.05, 3.63) is 113 Å². The van der Waals surface area contributed by atoms with E-state index in [0.29, 0.717) is 30.6 Å². The van der Waals surface area contributed by atoms with Crippen molar-refractivity contribution in [3.63, 3.8) is 0 Å². The number of rotatable bonds is 8. The summed E-state index contributed by atoms with van der Waals surface area (Å²) >= 11 is 0. The number of allylic oxidation sites excluding steroid dienone is 1. The second-order valence-electron chi connectivity index (χ2n) is 11.0. The van der Waals surface area contributed by atoms with Crippen molar-refractivity contribution in [1.82, 2.24) is 20.4 Å². The molecule has 0 radical (unpaired) electrons. The van der Waals surface area contributed by atoms with Crippen molar-refractivity contribution >= 4 is 11.8 Å². The van der Waals surface area contributed by atoms with Crippen LogP contribution < -0.4 is 15.4 Å². The van der Waals surface area contributed by atoms with Crippen molar-refractivity contribution in [2.24, 2.45) is 0 Å². The van der Waals surface area contributed by atoms with E-state index in [4.69, 9.17) is 4.74 Å². The maximum Gasteiger partial charge on any atom is 0.255 e. The summed E-state index contributed by atoms with van der Waals surface area (Å²) in [6.45, 7) is 7.73. The van der Waals surface area contributed by atoms with Gasteiger partial charge in [-0.1, -0.05) is 67.2 Å². The number of carbonyl (C=O) groups excluding carboxylic acids is 2. The Bertz CT molecular complexity index is 1380. The molecule has 6 rings (SSSR count). The van der Waals surface area contributed by atoms with E-state index in [1.165, 1.54) is 11.1 Å². The molecule has 3 aromatic carbocycles. The first-order valence-electron chi connectivity index (χ1n) is 14.2. The van der Waals surface area contributed by atoms with Crippen LogP contribution in [0.25, 0.3) is 0 Å². The summed E-state index contributed by atoms with van der Waals surface area (Å²) in [6, 6.07) is 26.4. The van der Waals surface area contributed by atoms with Gasteiger partial charge in [0.1, 0.15) is 17.9 Å². The van der Waals surface area contributed by atoms with Gasteiger partial charge in [0.15, 0.2) is 0 Å². The van der Waals surface area contributed by atoms with Crippen LogP contribution >= 0.6 is 0 Å². The Morgan fingerprint density at radius 3 is 2.45 bits per heavy atom. The first-order chi connectivity index (χ1) is 19.5. The van der Waals surface area contributed by atoms with Crippen LogP contribution in [-0.2, 0) is 24.4 Å². The Hall–Kier alpha value is -3.94. The highest BCUT2D eigenvalue weighted by Crippen LogP contribution is 2.32. The zero-order valence-electron chi connectivity index (χ0n) is 22.7. The fourth-order valence-corrected chi connectivity index (χ4v) is 6.04. The van der Waals surface area contributed by atoms with Crippen LogP contribution in [0.5, 0.6) is 5.75 Å². The summed E-state index contributed by atoms with van der Waals surface area (Å²) < 4.78 is 6.68. The van der Waals surface area contributed by atoms with Gasteiger partial charge in [-0.15, -0.1) is 0 Å². The zero-order valence-corrected chi connectivity index (χ0v) is 22.7. The third-order valence-corrected chi connectivity index (χ3v) is 8.20. The lowest BCUT2D eigenvalue weighted by atomic mass is 10.00. The van der Waals surface area contributed by atoms with Gasteiger partial charge in [-0.05, 0) is 54.2 Å². The van der Waals surface area contributed by atoms with E-state index < -0.39 is 6.04 Å². The van der Waals surface area contributed by atoms with E-state index in [1.807, 2.05) is 30.3 Å². The summed E-state index contributed by atoms with van der Waals surface area (Å²) in [5, 5.41) is 6.55. The molecular formula is C33H36N4O3. The van der Waals surface area contributed by atoms with Crippen molar-refractivity contribution in [2.45, 2.75) is 57.1 Å². The molecule has 3 aliphatic rings. The molecule has 0 aliphatic carbocycles. The van der Waals surface area contributed by atoms with Gasteiger partial charge in [0.25, 0.3) is 5.91 Å². The lowest BCUT2D eigenvalue weighted by Gasteiger charge is -2.39. The number of nitrogens with one attached hydrogen (secondary N) is 2. The van der Waals surface area contributed by atoms with Gasteiger partial charge in [0.05, 0.1) is 0 Å². The van der Waals surface area contributed by atoms with E-state index in [0.717, 1.165) is 43.9 Å². The van der Waals surface area contributed by atoms with Gasteiger partial charge in [-0.25, -0.2) is 0 Å². The third-order valence-electron chi connectivity index (χ3n) is 8.20. The van der Waals surface area contributed by atoms with Crippen LogP contribution in [0.3, 0.4) is 0 Å². The average Bonchev–Trinajstić information content (AvgIpc) is 3.29. The number of ether oxygens (including phenoxy) is 1. The molecule has 3 aliphatic heterocycles. The third kappa shape index (κ3) is 5.81. The average molecular weight is 537 g/mol. The number of amides is 2. The quantitative estimate of drug-likeness (QED) is 0.451. The molecule has 2 fully saturated rings. The van der Waals surface area contributed by atoms with Crippen molar-refractivity contribution < 1.29 is 14.3 Å². The molecule has 2 saturated heterocycles. The van der Waals surface area contributed by atoms with Gasteiger partial charge < -0.3 is 20.3 Å². The number of benzene rings is 3. The minimum absolute atomic E-state index is 0.0532. The van der Waals surface area contributed by atoms with Crippen molar-refractivity contribution in [2.75, 3.05) is 13.1 Å². The second kappa shape index (κ2) is 11.7. The Labute approximate surface area is 235 Å². The van der Waals surface area contributed by atoms with Crippen LogP contribution in [0.2, 0.25) is 0 Å². The molecule has 0 aromatic heterocycles.